The normalized spacial score (nSPS) is 25.2. The molecule has 1 amide bonds. The third-order valence-corrected chi connectivity index (χ3v) is 2.63. The van der Waals surface area contributed by atoms with E-state index in [1.165, 1.54) is 0 Å². The summed E-state index contributed by atoms with van der Waals surface area (Å²) in [6, 6.07) is 0. The molecule has 0 bridgehead atoms. The molecule has 1 rings (SSSR count). The van der Waals surface area contributed by atoms with Crippen LogP contribution in [0.1, 0.15) is 26.2 Å². The molecule has 1 atom stereocenters. The highest BCUT2D eigenvalue weighted by Gasteiger charge is 2.40. The van der Waals surface area contributed by atoms with E-state index in [4.69, 9.17) is 9.47 Å². The number of nitrogens with one attached hydrogen (secondary N) is 1. The van der Waals surface area contributed by atoms with E-state index in [-0.39, 0.29) is 5.91 Å². The zero-order valence-electron chi connectivity index (χ0n) is 9.96. The lowest BCUT2D eigenvalue weighted by atomic mass is 9.98. The molecule has 0 spiro atoms. The molecule has 1 saturated heterocycles. The van der Waals surface area contributed by atoms with Crippen LogP contribution >= 0.6 is 0 Å². The van der Waals surface area contributed by atoms with E-state index in [9.17, 15) is 4.79 Å². The quantitative estimate of drug-likeness (QED) is 0.526. The van der Waals surface area contributed by atoms with Gasteiger partial charge >= 0.3 is 0 Å². The maximum absolute atomic E-state index is 11.8. The topological polar surface area (TPSA) is 47.6 Å². The lowest BCUT2D eigenvalue weighted by molar-refractivity contribution is -0.164. The van der Waals surface area contributed by atoms with Gasteiger partial charge in [-0.3, -0.25) is 4.79 Å². The Hall–Kier alpha value is -0.870. The molecule has 1 N–H and O–H groups in total. The van der Waals surface area contributed by atoms with Gasteiger partial charge in [0.15, 0.2) is 5.60 Å². The first-order valence-corrected chi connectivity index (χ1v) is 5.86. The number of unbranched alkanes of at least 4 members (excludes halogenated alkanes) is 1. The second-order valence-corrected chi connectivity index (χ2v) is 4.00. The zero-order chi connectivity index (χ0) is 11.9. The van der Waals surface area contributed by atoms with Crippen molar-refractivity contribution >= 4 is 5.91 Å². The lowest BCUT2D eigenvalue weighted by Crippen LogP contribution is -2.57. The molecule has 0 radical (unpaired) electrons. The molecule has 0 aromatic carbocycles. The van der Waals surface area contributed by atoms with E-state index >= 15 is 0 Å². The number of carbonyl (C=O) groups excluding carboxylic acids is 1. The van der Waals surface area contributed by atoms with Crippen LogP contribution in [-0.4, -0.2) is 37.9 Å². The molecule has 92 valence electrons. The van der Waals surface area contributed by atoms with E-state index in [2.05, 4.69) is 18.8 Å². The van der Waals surface area contributed by atoms with Crippen molar-refractivity contribution in [1.29, 1.82) is 0 Å². The molecule has 0 aliphatic carbocycles. The smallest absolute Gasteiger partial charge is 0.255 e. The van der Waals surface area contributed by atoms with Crippen molar-refractivity contribution < 1.29 is 14.3 Å². The van der Waals surface area contributed by atoms with Gasteiger partial charge in [-0.2, -0.15) is 0 Å². The van der Waals surface area contributed by atoms with E-state index < -0.39 is 5.60 Å². The summed E-state index contributed by atoms with van der Waals surface area (Å²) in [6.45, 7) is 7.86. The van der Waals surface area contributed by atoms with Gasteiger partial charge in [-0.25, -0.2) is 0 Å². The number of rotatable bonds is 7. The third kappa shape index (κ3) is 3.32. The van der Waals surface area contributed by atoms with Gasteiger partial charge in [0.25, 0.3) is 5.91 Å². The van der Waals surface area contributed by atoms with Crippen molar-refractivity contribution in [2.24, 2.45) is 0 Å². The lowest BCUT2D eigenvalue weighted by Gasteiger charge is -2.35. The van der Waals surface area contributed by atoms with Crippen LogP contribution < -0.4 is 5.32 Å². The molecule has 0 aromatic rings. The first-order chi connectivity index (χ1) is 7.75. The molecular weight excluding hydrogens is 206 g/mol. The summed E-state index contributed by atoms with van der Waals surface area (Å²) in [5.41, 5.74) is -0.853. The van der Waals surface area contributed by atoms with Crippen LogP contribution in [0, 0.1) is 0 Å². The van der Waals surface area contributed by atoms with E-state index in [0.717, 1.165) is 12.8 Å². The highest BCUT2D eigenvalue weighted by atomic mass is 16.5. The standard InChI is InChI=1S/C12H21NO3/c1-3-5-8-15-10-12(6-4-2)11(14)13-7-9-16-12/h4H,2-3,5-10H2,1H3,(H,13,14)/t12-/m1/s1. The van der Waals surface area contributed by atoms with E-state index in [0.29, 0.717) is 32.8 Å². The largest absolute Gasteiger partial charge is 0.378 e. The van der Waals surface area contributed by atoms with Gasteiger partial charge in [-0.1, -0.05) is 19.4 Å². The van der Waals surface area contributed by atoms with Crippen molar-refractivity contribution in [2.75, 3.05) is 26.4 Å². The number of hydrogen-bond donors (Lipinski definition) is 1. The predicted molar refractivity (Wildman–Crippen MR) is 62.2 cm³/mol. The third-order valence-electron chi connectivity index (χ3n) is 2.63. The van der Waals surface area contributed by atoms with Gasteiger partial charge < -0.3 is 14.8 Å². The second-order valence-electron chi connectivity index (χ2n) is 4.00. The first-order valence-electron chi connectivity index (χ1n) is 5.86. The van der Waals surface area contributed by atoms with Gasteiger partial charge in [0.1, 0.15) is 0 Å². The summed E-state index contributed by atoms with van der Waals surface area (Å²) in [7, 11) is 0. The van der Waals surface area contributed by atoms with Gasteiger partial charge in [-0.15, -0.1) is 6.58 Å². The van der Waals surface area contributed by atoms with Crippen LogP contribution in [-0.2, 0) is 14.3 Å². The summed E-state index contributed by atoms with van der Waals surface area (Å²) in [5, 5.41) is 2.81. The molecule has 1 heterocycles. The minimum absolute atomic E-state index is 0.0878. The molecule has 1 aliphatic rings. The van der Waals surface area contributed by atoms with Gasteiger partial charge in [0.2, 0.25) is 0 Å². The van der Waals surface area contributed by atoms with Gasteiger partial charge in [0, 0.05) is 19.6 Å². The van der Waals surface area contributed by atoms with Crippen LogP contribution in [0.3, 0.4) is 0 Å². The molecule has 0 unspecified atom stereocenters. The SMILES string of the molecule is C=CC[C@]1(COCCCC)OCCNC1=O. The summed E-state index contributed by atoms with van der Waals surface area (Å²) in [5.74, 6) is -0.0878. The molecule has 0 saturated carbocycles. The highest BCUT2D eigenvalue weighted by Crippen LogP contribution is 2.20. The van der Waals surface area contributed by atoms with Gasteiger partial charge in [0.05, 0.1) is 13.2 Å². The number of ether oxygens (including phenoxy) is 2. The van der Waals surface area contributed by atoms with Crippen molar-refractivity contribution in [3.63, 3.8) is 0 Å². The van der Waals surface area contributed by atoms with Crippen LogP contribution in [0.15, 0.2) is 12.7 Å². The Bertz CT molecular complexity index is 242. The van der Waals surface area contributed by atoms with E-state index in [1.54, 1.807) is 6.08 Å². The number of morpholine rings is 1. The van der Waals surface area contributed by atoms with Crippen molar-refractivity contribution in [3.05, 3.63) is 12.7 Å². The summed E-state index contributed by atoms with van der Waals surface area (Å²) < 4.78 is 11.1. The summed E-state index contributed by atoms with van der Waals surface area (Å²) in [4.78, 5) is 11.8. The Morgan fingerprint density at radius 1 is 1.69 bits per heavy atom. The fourth-order valence-electron chi connectivity index (χ4n) is 1.67. The average molecular weight is 227 g/mol. The second kappa shape index (κ2) is 6.66. The monoisotopic (exact) mass is 227 g/mol. The molecule has 4 heteroatoms. The minimum Gasteiger partial charge on any atom is -0.378 e. The summed E-state index contributed by atoms with van der Waals surface area (Å²) >= 11 is 0. The Morgan fingerprint density at radius 2 is 2.50 bits per heavy atom. The number of carbonyl (C=O) groups is 1. The van der Waals surface area contributed by atoms with Crippen molar-refractivity contribution in [3.8, 4) is 0 Å². The Labute approximate surface area is 97.0 Å². The number of hydrogen-bond acceptors (Lipinski definition) is 3. The zero-order valence-corrected chi connectivity index (χ0v) is 9.96. The number of amides is 1. The highest BCUT2D eigenvalue weighted by molar-refractivity contribution is 5.86. The fraction of sp³-hybridized carbons (Fsp3) is 0.750. The maximum atomic E-state index is 11.8. The Morgan fingerprint density at radius 3 is 3.12 bits per heavy atom. The Kier molecular flexibility index (Phi) is 5.49. The molecular formula is C12H21NO3. The van der Waals surface area contributed by atoms with E-state index in [1.807, 2.05) is 0 Å². The minimum atomic E-state index is -0.853. The summed E-state index contributed by atoms with van der Waals surface area (Å²) in [6.07, 6.45) is 4.28. The predicted octanol–water partition coefficient (Wildman–Crippen LogP) is 1.26. The van der Waals surface area contributed by atoms with Crippen molar-refractivity contribution in [2.45, 2.75) is 31.8 Å². The van der Waals surface area contributed by atoms with Crippen LogP contribution in [0.5, 0.6) is 0 Å². The molecule has 1 aliphatic heterocycles. The fourth-order valence-corrected chi connectivity index (χ4v) is 1.67. The van der Waals surface area contributed by atoms with Crippen LogP contribution in [0.25, 0.3) is 0 Å². The molecule has 1 fully saturated rings. The molecule has 16 heavy (non-hydrogen) atoms. The first kappa shape index (κ1) is 13.2. The Balaban J connectivity index is 2.49. The maximum Gasteiger partial charge on any atom is 0.255 e. The average Bonchev–Trinajstić information content (AvgIpc) is 2.29. The van der Waals surface area contributed by atoms with Crippen LogP contribution in [0.2, 0.25) is 0 Å². The van der Waals surface area contributed by atoms with Gasteiger partial charge in [-0.05, 0) is 6.42 Å². The molecule has 4 nitrogen and oxygen atoms in total. The van der Waals surface area contributed by atoms with Crippen LogP contribution in [0.4, 0.5) is 0 Å². The van der Waals surface area contributed by atoms with Crippen molar-refractivity contribution in [1.82, 2.24) is 5.32 Å². The molecule has 0 aromatic heterocycles.